The van der Waals surface area contributed by atoms with Crippen LogP contribution in [-0.4, -0.2) is 31.7 Å². The quantitative estimate of drug-likeness (QED) is 0.215. The van der Waals surface area contributed by atoms with E-state index in [2.05, 4.69) is 20.6 Å². The van der Waals surface area contributed by atoms with Crippen molar-refractivity contribution in [2.24, 2.45) is 4.99 Å². The molecule has 0 aliphatic rings. The number of aromatic nitrogens is 1. The van der Waals surface area contributed by atoms with Gasteiger partial charge < -0.3 is 24.8 Å². The van der Waals surface area contributed by atoms with E-state index in [9.17, 15) is 0 Å². The minimum absolute atomic E-state index is 0. The Kier molecular flexibility index (Phi) is 11.3. The largest absolute Gasteiger partial charge is 0.493 e. The molecule has 2 N–H and O–H groups in total. The number of pyridine rings is 1. The topological polar surface area (TPSA) is 77.0 Å². The van der Waals surface area contributed by atoms with Crippen molar-refractivity contribution in [1.29, 1.82) is 0 Å². The minimum Gasteiger partial charge on any atom is -0.493 e. The molecule has 176 valence electrons. The number of ether oxygens (including phenoxy) is 3. The number of nitrogens with zero attached hydrogens (tertiary/aromatic N) is 2. The summed E-state index contributed by atoms with van der Waals surface area (Å²) in [6, 6.07) is 19.6. The molecular weight excluding hydrogens is 531 g/mol. The van der Waals surface area contributed by atoms with Crippen LogP contribution in [0.1, 0.15) is 23.7 Å². The molecule has 3 aromatic rings. The van der Waals surface area contributed by atoms with Crippen molar-refractivity contribution in [3.05, 3.63) is 83.7 Å². The number of rotatable bonds is 10. The molecule has 7 nitrogen and oxygen atoms in total. The number of hydrogen-bond acceptors (Lipinski definition) is 5. The van der Waals surface area contributed by atoms with Gasteiger partial charge in [0.25, 0.3) is 0 Å². The van der Waals surface area contributed by atoms with Crippen LogP contribution in [0.5, 0.6) is 17.2 Å². The molecular formula is C25H31IN4O3. The third kappa shape index (κ3) is 8.45. The maximum absolute atomic E-state index is 5.80. The van der Waals surface area contributed by atoms with E-state index >= 15 is 0 Å². The van der Waals surface area contributed by atoms with Gasteiger partial charge in [0.1, 0.15) is 12.4 Å². The van der Waals surface area contributed by atoms with Gasteiger partial charge in [-0.25, -0.2) is 4.99 Å². The van der Waals surface area contributed by atoms with Gasteiger partial charge in [0.2, 0.25) is 0 Å². The van der Waals surface area contributed by atoms with Gasteiger partial charge in [-0.3, -0.25) is 4.98 Å². The molecule has 0 fully saturated rings. The first-order valence-corrected chi connectivity index (χ1v) is 10.6. The molecule has 0 saturated carbocycles. The lowest BCUT2D eigenvalue weighted by Gasteiger charge is -2.13. The van der Waals surface area contributed by atoms with Gasteiger partial charge >= 0.3 is 0 Å². The average Bonchev–Trinajstić information content (AvgIpc) is 2.85. The minimum atomic E-state index is 0. The van der Waals surface area contributed by atoms with Crippen molar-refractivity contribution in [2.45, 2.75) is 26.6 Å². The number of hydrogen-bond donors (Lipinski definition) is 2. The van der Waals surface area contributed by atoms with Gasteiger partial charge in [0.15, 0.2) is 17.5 Å². The molecule has 8 heteroatoms. The van der Waals surface area contributed by atoms with Crippen molar-refractivity contribution in [1.82, 2.24) is 15.6 Å². The summed E-state index contributed by atoms with van der Waals surface area (Å²) < 4.78 is 16.5. The maximum Gasteiger partial charge on any atom is 0.191 e. The number of halogens is 1. The first-order valence-electron chi connectivity index (χ1n) is 10.6. The van der Waals surface area contributed by atoms with Gasteiger partial charge in [0.05, 0.1) is 26.5 Å². The Labute approximate surface area is 212 Å². The normalized spacial score (nSPS) is 10.7. The Bertz CT molecular complexity index is 998. The monoisotopic (exact) mass is 562 g/mol. The Morgan fingerprint density at radius 3 is 2.33 bits per heavy atom. The van der Waals surface area contributed by atoms with Gasteiger partial charge in [-0.1, -0.05) is 24.3 Å². The summed E-state index contributed by atoms with van der Waals surface area (Å²) in [7, 11) is 3.26. The molecule has 1 heterocycles. The summed E-state index contributed by atoms with van der Waals surface area (Å²) in [6.45, 7) is 4.44. The third-order valence-electron chi connectivity index (χ3n) is 4.71. The molecule has 0 atom stereocenters. The Morgan fingerprint density at radius 2 is 1.67 bits per heavy atom. The average molecular weight is 562 g/mol. The number of benzene rings is 2. The van der Waals surface area contributed by atoms with Gasteiger partial charge in [0, 0.05) is 19.3 Å². The molecule has 0 saturated heterocycles. The van der Waals surface area contributed by atoms with Crippen LogP contribution in [0.4, 0.5) is 0 Å². The predicted molar refractivity (Wildman–Crippen MR) is 142 cm³/mol. The lowest BCUT2D eigenvalue weighted by Crippen LogP contribution is -2.36. The van der Waals surface area contributed by atoms with E-state index in [1.165, 1.54) is 0 Å². The zero-order chi connectivity index (χ0) is 22.6. The predicted octanol–water partition coefficient (Wildman–Crippen LogP) is 4.55. The molecule has 0 radical (unpaired) electrons. The number of aliphatic imine (C=N–C) groups is 1. The third-order valence-corrected chi connectivity index (χ3v) is 4.71. The fourth-order valence-corrected chi connectivity index (χ4v) is 3.02. The second-order valence-electron chi connectivity index (χ2n) is 6.99. The lowest BCUT2D eigenvalue weighted by molar-refractivity contribution is 0.301. The van der Waals surface area contributed by atoms with Crippen molar-refractivity contribution >= 4 is 29.9 Å². The zero-order valence-electron chi connectivity index (χ0n) is 19.2. The highest BCUT2D eigenvalue weighted by Crippen LogP contribution is 2.27. The first kappa shape index (κ1) is 26.2. The van der Waals surface area contributed by atoms with Crippen LogP contribution in [0.15, 0.2) is 71.9 Å². The van der Waals surface area contributed by atoms with Gasteiger partial charge in [-0.2, -0.15) is 0 Å². The summed E-state index contributed by atoms with van der Waals surface area (Å²) in [5.74, 6) is 2.97. The van der Waals surface area contributed by atoms with Crippen molar-refractivity contribution in [3.63, 3.8) is 0 Å². The maximum atomic E-state index is 5.80. The highest BCUT2D eigenvalue weighted by molar-refractivity contribution is 14.0. The molecule has 2 aromatic carbocycles. The highest BCUT2D eigenvalue weighted by atomic mass is 127. The van der Waals surface area contributed by atoms with Crippen LogP contribution in [0.2, 0.25) is 0 Å². The van der Waals surface area contributed by atoms with E-state index in [-0.39, 0.29) is 24.0 Å². The van der Waals surface area contributed by atoms with E-state index < -0.39 is 0 Å². The van der Waals surface area contributed by atoms with Crippen LogP contribution < -0.4 is 24.8 Å². The Hall–Kier alpha value is -3.01. The second kappa shape index (κ2) is 14.2. The fourth-order valence-electron chi connectivity index (χ4n) is 3.02. The van der Waals surface area contributed by atoms with Crippen LogP contribution in [-0.2, 0) is 19.7 Å². The van der Waals surface area contributed by atoms with Crippen molar-refractivity contribution < 1.29 is 14.2 Å². The zero-order valence-corrected chi connectivity index (χ0v) is 21.5. The van der Waals surface area contributed by atoms with Gasteiger partial charge in [-0.15, -0.1) is 24.0 Å². The molecule has 3 rings (SSSR count). The SMILES string of the molecule is CCNC(=NCc1ccc(OC)c(OC)c1)NCc1ccc(OCc2ccccn2)cc1.I. The molecule has 33 heavy (non-hydrogen) atoms. The number of methoxy groups -OCH3 is 2. The van der Waals surface area contributed by atoms with E-state index in [0.29, 0.717) is 31.2 Å². The molecule has 0 unspecified atom stereocenters. The molecule has 0 bridgehead atoms. The standard InChI is InChI=1S/C25H30N4O3.HI/c1-4-26-25(29-17-20-10-13-23(30-2)24(15-20)31-3)28-16-19-8-11-22(12-9-19)32-18-21-7-5-6-14-27-21;/h5-15H,4,16-18H2,1-3H3,(H2,26,28,29);1H. The van der Waals surface area contributed by atoms with Crippen LogP contribution in [0.25, 0.3) is 0 Å². The molecule has 0 aliphatic heterocycles. The van der Waals surface area contributed by atoms with E-state index in [4.69, 9.17) is 14.2 Å². The summed E-state index contributed by atoms with van der Waals surface area (Å²) in [5, 5.41) is 6.64. The number of nitrogens with one attached hydrogen (secondary N) is 2. The van der Waals surface area contributed by atoms with Gasteiger partial charge in [-0.05, 0) is 54.4 Å². The van der Waals surface area contributed by atoms with Crippen molar-refractivity contribution in [2.75, 3.05) is 20.8 Å². The molecule has 0 aliphatic carbocycles. The van der Waals surface area contributed by atoms with Crippen molar-refractivity contribution in [3.8, 4) is 17.2 Å². The van der Waals surface area contributed by atoms with E-state index in [0.717, 1.165) is 35.1 Å². The summed E-state index contributed by atoms with van der Waals surface area (Å²) in [4.78, 5) is 8.94. The van der Waals surface area contributed by atoms with Crippen LogP contribution >= 0.6 is 24.0 Å². The molecule has 0 amide bonds. The Balaban J connectivity index is 0.00000385. The molecule has 1 aromatic heterocycles. The van der Waals surface area contributed by atoms with E-state index in [1.54, 1.807) is 20.4 Å². The van der Waals surface area contributed by atoms with Crippen LogP contribution in [0, 0.1) is 0 Å². The first-order chi connectivity index (χ1) is 15.7. The van der Waals surface area contributed by atoms with Crippen LogP contribution in [0.3, 0.4) is 0 Å². The Morgan fingerprint density at radius 1 is 0.909 bits per heavy atom. The second-order valence-corrected chi connectivity index (χ2v) is 6.99. The van der Waals surface area contributed by atoms with E-state index in [1.807, 2.05) is 67.6 Å². The lowest BCUT2D eigenvalue weighted by atomic mass is 10.2. The molecule has 0 spiro atoms. The highest BCUT2D eigenvalue weighted by Gasteiger charge is 2.05. The smallest absolute Gasteiger partial charge is 0.191 e. The number of guanidine groups is 1. The summed E-state index contributed by atoms with van der Waals surface area (Å²) in [6.07, 6.45) is 1.77. The summed E-state index contributed by atoms with van der Waals surface area (Å²) in [5.41, 5.74) is 3.07. The summed E-state index contributed by atoms with van der Waals surface area (Å²) >= 11 is 0. The fraction of sp³-hybridized carbons (Fsp3) is 0.280.